The van der Waals surface area contributed by atoms with Crippen LogP contribution in [0.3, 0.4) is 0 Å². The van der Waals surface area contributed by atoms with Crippen molar-refractivity contribution in [3.05, 3.63) is 71.0 Å². The van der Waals surface area contributed by atoms with Gasteiger partial charge in [-0.1, -0.05) is 42.0 Å². The van der Waals surface area contributed by atoms with Crippen molar-refractivity contribution >= 4 is 0 Å². The van der Waals surface area contributed by atoms with Gasteiger partial charge in [-0.15, -0.1) is 0 Å². The zero-order chi connectivity index (χ0) is 12.1. The number of benzene rings is 2. The van der Waals surface area contributed by atoms with Crippen LogP contribution >= 0.6 is 0 Å². The molecule has 0 radical (unpaired) electrons. The van der Waals surface area contributed by atoms with E-state index in [2.05, 4.69) is 36.5 Å². The van der Waals surface area contributed by atoms with Gasteiger partial charge in [0.2, 0.25) is 0 Å². The van der Waals surface area contributed by atoms with Gasteiger partial charge in [0.15, 0.2) is 0 Å². The van der Waals surface area contributed by atoms with E-state index in [1.165, 1.54) is 17.2 Å². The minimum atomic E-state index is -0.181. The third-order valence-electron chi connectivity index (χ3n) is 2.63. The Hall–Kier alpha value is -1.67. The van der Waals surface area contributed by atoms with Crippen LogP contribution in [0.5, 0.6) is 0 Å². The highest BCUT2D eigenvalue weighted by atomic mass is 19.1. The van der Waals surface area contributed by atoms with E-state index in [1.807, 2.05) is 6.07 Å². The third-order valence-corrected chi connectivity index (χ3v) is 2.63. The molecule has 2 aromatic carbocycles. The number of hydrogen-bond donors (Lipinski definition) is 1. The Balaban J connectivity index is 1.87. The average Bonchev–Trinajstić information content (AvgIpc) is 2.29. The molecule has 1 N–H and O–H groups in total. The summed E-state index contributed by atoms with van der Waals surface area (Å²) in [5, 5.41) is 3.31. The van der Waals surface area contributed by atoms with Gasteiger partial charge in [0, 0.05) is 13.1 Å². The maximum Gasteiger partial charge on any atom is 0.123 e. The number of hydrogen-bond acceptors (Lipinski definition) is 1. The second kappa shape index (κ2) is 5.60. The first-order valence-electron chi connectivity index (χ1n) is 5.75. The summed E-state index contributed by atoms with van der Waals surface area (Å²) in [5.41, 5.74) is 3.48. The quantitative estimate of drug-likeness (QED) is 0.847. The first kappa shape index (κ1) is 11.8. The molecular formula is C15H16FN. The highest BCUT2D eigenvalue weighted by molar-refractivity contribution is 5.22. The number of rotatable bonds is 4. The molecule has 0 spiro atoms. The van der Waals surface area contributed by atoms with E-state index in [-0.39, 0.29) is 5.82 Å². The summed E-state index contributed by atoms with van der Waals surface area (Å²) in [6.07, 6.45) is 0. The van der Waals surface area contributed by atoms with Crippen molar-refractivity contribution in [1.29, 1.82) is 0 Å². The van der Waals surface area contributed by atoms with Crippen LogP contribution < -0.4 is 5.32 Å². The summed E-state index contributed by atoms with van der Waals surface area (Å²) < 4.78 is 12.9. The molecule has 0 fully saturated rings. The standard InChI is InChI=1S/C15H16FN/c1-12-4-2-5-13(8-12)10-17-11-14-6-3-7-15(16)9-14/h2-9,17H,10-11H2,1H3. The molecule has 0 atom stereocenters. The first-order valence-corrected chi connectivity index (χ1v) is 5.75. The van der Waals surface area contributed by atoms with Gasteiger partial charge in [-0.25, -0.2) is 4.39 Å². The molecule has 1 nitrogen and oxygen atoms in total. The molecule has 2 heteroatoms. The molecule has 0 saturated carbocycles. The van der Waals surface area contributed by atoms with Crippen LogP contribution in [0.4, 0.5) is 4.39 Å². The SMILES string of the molecule is Cc1cccc(CNCc2cccc(F)c2)c1. The van der Waals surface area contributed by atoms with Gasteiger partial charge in [-0.3, -0.25) is 0 Å². The topological polar surface area (TPSA) is 12.0 Å². The van der Waals surface area contributed by atoms with Crippen molar-refractivity contribution in [2.24, 2.45) is 0 Å². The second-order valence-electron chi connectivity index (χ2n) is 4.22. The Morgan fingerprint density at radius 3 is 2.24 bits per heavy atom. The normalized spacial score (nSPS) is 10.5. The lowest BCUT2D eigenvalue weighted by molar-refractivity contribution is 0.620. The van der Waals surface area contributed by atoms with E-state index in [1.54, 1.807) is 12.1 Å². The lowest BCUT2D eigenvalue weighted by atomic mass is 10.1. The van der Waals surface area contributed by atoms with Crippen LogP contribution in [-0.4, -0.2) is 0 Å². The predicted octanol–water partition coefficient (Wildman–Crippen LogP) is 3.42. The maximum absolute atomic E-state index is 12.9. The van der Waals surface area contributed by atoms with Crippen molar-refractivity contribution in [3.63, 3.8) is 0 Å². The molecule has 88 valence electrons. The van der Waals surface area contributed by atoms with Crippen LogP contribution in [0.15, 0.2) is 48.5 Å². The summed E-state index contributed by atoms with van der Waals surface area (Å²) >= 11 is 0. The minimum absolute atomic E-state index is 0.181. The van der Waals surface area contributed by atoms with E-state index in [0.29, 0.717) is 6.54 Å². The molecule has 0 amide bonds. The Kier molecular flexibility index (Phi) is 3.89. The molecule has 0 aliphatic heterocycles. The van der Waals surface area contributed by atoms with Crippen molar-refractivity contribution in [2.75, 3.05) is 0 Å². The first-order chi connectivity index (χ1) is 8.24. The maximum atomic E-state index is 12.9. The lowest BCUT2D eigenvalue weighted by Gasteiger charge is -2.06. The Labute approximate surface area is 101 Å². The molecule has 0 aliphatic rings. The Morgan fingerprint density at radius 1 is 0.941 bits per heavy atom. The summed E-state index contributed by atoms with van der Waals surface area (Å²) in [5.74, 6) is -0.181. The Morgan fingerprint density at radius 2 is 1.59 bits per heavy atom. The molecule has 0 heterocycles. The van der Waals surface area contributed by atoms with Crippen molar-refractivity contribution in [2.45, 2.75) is 20.0 Å². The van der Waals surface area contributed by atoms with Gasteiger partial charge in [-0.2, -0.15) is 0 Å². The zero-order valence-electron chi connectivity index (χ0n) is 9.91. The molecule has 0 aliphatic carbocycles. The van der Waals surface area contributed by atoms with Gasteiger partial charge < -0.3 is 5.32 Å². The van der Waals surface area contributed by atoms with E-state index >= 15 is 0 Å². The summed E-state index contributed by atoms with van der Waals surface area (Å²) in [6, 6.07) is 15.0. The van der Waals surface area contributed by atoms with Gasteiger partial charge in [0.25, 0.3) is 0 Å². The molecule has 0 aromatic heterocycles. The summed E-state index contributed by atoms with van der Waals surface area (Å²) in [7, 11) is 0. The fraction of sp³-hybridized carbons (Fsp3) is 0.200. The molecule has 2 aromatic rings. The summed E-state index contributed by atoms with van der Waals surface area (Å²) in [6.45, 7) is 3.57. The highest BCUT2D eigenvalue weighted by Crippen LogP contribution is 2.05. The Bertz CT molecular complexity index is 448. The van der Waals surface area contributed by atoms with Gasteiger partial charge in [0.1, 0.15) is 5.82 Å². The molecule has 17 heavy (non-hydrogen) atoms. The number of aryl methyl sites for hydroxylation is 1. The molecule has 0 unspecified atom stereocenters. The average molecular weight is 229 g/mol. The molecular weight excluding hydrogens is 213 g/mol. The van der Waals surface area contributed by atoms with Gasteiger partial charge >= 0.3 is 0 Å². The van der Waals surface area contributed by atoms with Crippen LogP contribution in [0.2, 0.25) is 0 Å². The lowest BCUT2D eigenvalue weighted by Crippen LogP contribution is -2.12. The smallest absolute Gasteiger partial charge is 0.123 e. The third kappa shape index (κ3) is 3.68. The van der Waals surface area contributed by atoms with Crippen LogP contribution in [0.1, 0.15) is 16.7 Å². The van der Waals surface area contributed by atoms with Gasteiger partial charge in [0.05, 0.1) is 0 Å². The van der Waals surface area contributed by atoms with Crippen molar-refractivity contribution in [1.82, 2.24) is 5.32 Å². The number of halogens is 1. The fourth-order valence-electron chi connectivity index (χ4n) is 1.82. The van der Waals surface area contributed by atoms with Crippen LogP contribution in [0, 0.1) is 12.7 Å². The zero-order valence-corrected chi connectivity index (χ0v) is 9.91. The second-order valence-corrected chi connectivity index (χ2v) is 4.22. The highest BCUT2D eigenvalue weighted by Gasteiger charge is 1.96. The van der Waals surface area contributed by atoms with Crippen molar-refractivity contribution in [3.8, 4) is 0 Å². The van der Waals surface area contributed by atoms with E-state index in [4.69, 9.17) is 0 Å². The van der Waals surface area contributed by atoms with E-state index in [0.717, 1.165) is 12.1 Å². The van der Waals surface area contributed by atoms with Gasteiger partial charge in [-0.05, 0) is 30.2 Å². The van der Waals surface area contributed by atoms with Crippen LogP contribution in [0.25, 0.3) is 0 Å². The largest absolute Gasteiger partial charge is 0.309 e. The predicted molar refractivity (Wildman–Crippen MR) is 68.1 cm³/mol. The fourth-order valence-corrected chi connectivity index (χ4v) is 1.82. The molecule has 2 rings (SSSR count). The molecule has 0 bridgehead atoms. The van der Waals surface area contributed by atoms with E-state index < -0.39 is 0 Å². The monoisotopic (exact) mass is 229 g/mol. The minimum Gasteiger partial charge on any atom is -0.309 e. The number of nitrogens with one attached hydrogen (secondary N) is 1. The van der Waals surface area contributed by atoms with Crippen molar-refractivity contribution < 1.29 is 4.39 Å². The van der Waals surface area contributed by atoms with E-state index in [9.17, 15) is 4.39 Å². The summed E-state index contributed by atoms with van der Waals surface area (Å²) in [4.78, 5) is 0. The molecule has 0 saturated heterocycles. The van der Waals surface area contributed by atoms with Crippen LogP contribution in [-0.2, 0) is 13.1 Å².